The van der Waals surface area contributed by atoms with Gasteiger partial charge in [0.2, 0.25) is 5.91 Å². The summed E-state index contributed by atoms with van der Waals surface area (Å²) in [6, 6.07) is 5.13. The predicted molar refractivity (Wildman–Crippen MR) is 112 cm³/mol. The van der Waals surface area contributed by atoms with Gasteiger partial charge in [0.25, 0.3) is 0 Å². The zero-order valence-corrected chi connectivity index (χ0v) is 17.3. The molecule has 1 aromatic rings. The number of thioether (sulfide) groups is 1. The molecule has 5 nitrogen and oxygen atoms in total. The van der Waals surface area contributed by atoms with Crippen LogP contribution in [-0.4, -0.2) is 39.9 Å². The molecule has 1 aliphatic rings. The Morgan fingerprint density at radius 1 is 1.33 bits per heavy atom. The molecule has 4 N–H and O–H groups in total. The normalized spacial score (nSPS) is 18.6. The molecule has 152 valence electrons. The number of pyridine rings is 1. The van der Waals surface area contributed by atoms with Gasteiger partial charge in [0, 0.05) is 11.9 Å². The van der Waals surface area contributed by atoms with Crippen LogP contribution in [0.15, 0.2) is 29.4 Å². The highest BCUT2D eigenvalue weighted by molar-refractivity contribution is 7.99. The number of rotatable bonds is 11. The fraction of sp³-hybridized carbons (Fsp3) is 0.714. The predicted octanol–water partition coefficient (Wildman–Crippen LogP) is 3.51. The Bertz CT molecular complexity index is 537. The number of carbonyl (C=O) groups excluding carboxylic acids is 1. The van der Waals surface area contributed by atoms with Crippen molar-refractivity contribution >= 4 is 17.7 Å². The van der Waals surface area contributed by atoms with Crippen LogP contribution in [0.2, 0.25) is 0 Å². The summed E-state index contributed by atoms with van der Waals surface area (Å²) in [5.41, 5.74) is 5.98. The van der Waals surface area contributed by atoms with E-state index in [0.717, 1.165) is 23.6 Å². The molecule has 0 bridgehead atoms. The van der Waals surface area contributed by atoms with Crippen LogP contribution in [0.1, 0.15) is 64.7 Å². The van der Waals surface area contributed by atoms with Gasteiger partial charge >= 0.3 is 0 Å². The lowest BCUT2D eigenvalue weighted by Crippen LogP contribution is -2.50. The number of nitrogens with zero attached hydrogens (tertiary/aromatic N) is 1. The third-order valence-electron chi connectivity index (χ3n) is 5.34. The Hall–Kier alpha value is -1.11. The second-order valence-corrected chi connectivity index (χ2v) is 8.74. The maximum atomic E-state index is 12.4. The Kier molecular flexibility index (Phi) is 10.2. The first-order valence-electron chi connectivity index (χ1n) is 10.4. The molecule has 0 saturated heterocycles. The average Bonchev–Trinajstić information content (AvgIpc) is 2.69. The van der Waals surface area contributed by atoms with Crippen molar-refractivity contribution in [2.45, 2.75) is 87.9 Å². The zero-order valence-electron chi connectivity index (χ0n) is 16.5. The van der Waals surface area contributed by atoms with Gasteiger partial charge in [-0.05, 0) is 37.3 Å². The van der Waals surface area contributed by atoms with E-state index in [1.165, 1.54) is 32.1 Å². The molecule has 0 aliphatic heterocycles. The van der Waals surface area contributed by atoms with Crippen LogP contribution in [0.4, 0.5) is 0 Å². The summed E-state index contributed by atoms with van der Waals surface area (Å²) >= 11 is 1.64. The van der Waals surface area contributed by atoms with Crippen molar-refractivity contribution in [1.29, 1.82) is 0 Å². The minimum atomic E-state index is -0.555. The Balaban J connectivity index is 1.88. The second kappa shape index (κ2) is 12.4. The number of carbonyl (C=O) groups is 1. The van der Waals surface area contributed by atoms with Crippen molar-refractivity contribution in [1.82, 2.24) is 10.3 Å². The minimum absolute atomic E-state index is 0.130. The highest BCUT2D eigenvalue weighted by Gasteiger charge is 2.27. The number of aliphatic hydroxyl groups excluding tert-OH is 1. The van der Waals surface area contributed by atoms with E-state index in [-0.39, 0.29) is 11.9 Å². The van der Waals surface area contributed by atoms with E-state index >= 15 is 0 Å². The van der Waals surface area contributed by atoms with Gasteiger partial charge in [0.15, 0.2) is 0 Å². The fourth-order valence-electron chi connectivity index (χ4n) is 3.74. The van der Waals surface area contributed by atoms with Gasteiger partial charge < -0.3 is 16.2 Å². The van der Waals surface area contributed by atoms with E-state index < -0.39 is 12.1 Å². The Morgan fingerprint density at radius 3 is 2.78 bits per heavy atom. The molecule has 0 radical (unpaired) electrons. The molecule has 3 atom stereocenters. The lowest BCUT2D eigenvalue weighted by molar-refractivity contribution is -0.124. The number of amides is 1. The highest BCUT2D eigenvalue weighted by Crippen LogP contribution is 2.29. The minimum Gasteiger partial charge on any atom is -0.391 e. The third-order valence-corrected chi connectivity index (χ3v) is 6.32. The van der Waals surface area contributed by atoms with Gasteiger partial charge in [0.1, 0.15) is 0 Å². The van der Waals surface area contributed by atoms with Crippen LogP contribution >= 0.6 is 11.8 Å². The summed E-state index contributed by atoms with van der Waals surface area (Å²) in [5.74, 6) is 1.23. The smallest absolute Gasteiger partial charge is 0.237 e. The van der Waals surface area contributed by atoms with Crippen molar-refractivity contribution in [3.63, 3.8) is 0 Å². The molecule has 1 aliphatic carbocycles. The van der Waals surface area contributed by atoms with Gasteiger partial charge in [-0.25, -0.2) is 4.98 Å². The van der Waals surface area contributed by atoms with Crippen LogP contribution in [0.3, 0.4) is 0 Å². The standard InChI is InChI=1S/C21H35N3O2S/c1-2-8-17(22)21(26)24-18(15-16-9-4-3-5-10-16)19(25)12-14-27-20-11-6-7-13-23-20/h6-7,11,13,16-19,25H,2-5,8-10,12,14-15,22H2,1H3,(H,24,26)/t17-,18-,19-/m0/s1. The van der Waals surface area contributed by atoms with Gasteiger partial charge in [-0.15, -0.1) is 11.8 Å². The molecule has 0 unspecified atom stereocenters. The van der Waals surface area contributed by atoms with Crippen molar-refractivity contribution in [2.75, 3.05) is 5.75 Å². The topological polar surface area (TPSA) is 88.2 Å². The van der Waals surface area contributed by atoms with Gasteiger partial charge in [-0.2, -0.15) is 0 Å². The molecular formula is C21H35N3O2S. The van der Waals surface area contributed by atoms with Gasteiger partial charge in [-0.3, -0.25) is 4.79 Å². The maximum absolute atomic E-state index is 12.4. The summed E-state index contributed by atoms with van der Waals surface area (Å²) in [6.07, 6.45) is 10.5. The fourth-order valence-corrected chi connectivity index (χ4v) is 4.62. The van der Waals surface area contributed by atoms with E-state index in [1.807, 2.05) is 25.1 Å². The molecule has 0 spiro atoms. The van der Waals surface area contributed by atoms with Crippen molar-refractivity contribution in [3.8, 4) is 0 Å². The first kappa shape index (κ1) is 22.2. The molecule has 2 rings (SSSR count). The van der Waals surface area contributed by atoms with Crippen LogP contribution in [-0.2, 0) is 4.79 Å². The molecule has 27 heavy (non-hydrogen) atoms. The summed E-state index contributed by atoms with van der Waals surface area (Å²) < 4.78 is 0. The molecule has 6 heteroatoms. The monoisotopic (exact) mass is 393 g/mol. The van der Waals surface area contributed by atoms with E-state index in [9.17, 15) is 9.90 Å². The number of hydrogen-bond acceptors (Lipinski definition) is 5. The number of nitrogens with one attached hydrogen (secondary N) is 1. The van der Waals surface area contributed by atoms with Gasteiger partial charge in [-0.1, -0.05) is 51.5 Å². The SMILES string of the molecule is CCC[C@H](N)C(=O)N[C@@H](CC1CCCCC1)[C@@H](O)CCSc1ccccn1. The number of hydrogen-bond donors (Lipinski definition) is 3. The van der Waals surface area contributed by atoms with Crippen LogP contribution in [0.5, 0.6) is 0 Å². The molecule has 1 heterocycles. The zero-order chi connectivity index (χ0) is 19.5. The third kappa shape index (κ3) is 8.20. The number of aliphatic hydroxyl groups is 1. The molecule has 0 aromatic carbocycles. The first-order valence-corrected chi connectivity index (χ1v) is 11.4. The lowest BCUT2D eigenvalue weighted by atomic mass is 9.83. The summed E-state index contributed by atoms with van der Waals surface area (Å²) in [4.78, 5) is 16.7. The highest BCUT2D eigenvalue weighted by atomic mass is 32.2. The molecule has 1 saturated carbocycles. The summed E-state index contributed by atoms with van der Waals surface area (Å²) in [7, 11) is 0. The van der Waals surface area contributed by atoms with Crippen molar-refractivity contribution < 1.29 is 9.90 Å². The molecular weight excluding hydrogens is 358 g/mol. The number of aromatic nitrogens is 1. The summed E-state index contributed by atoms with van der Waals surface area (Å²) in [6.45, 7) is 2.02. The van der Waals surface area contributed by atoms with Crippen LogP contribution in [0, 0.1) is 5.92 Å². The molecule has 1 aromatic heterocycles. The Labute approximate surface area is 167 Å². The van der Waals surface area contributed by atoms with Crippen LogP contribution in [0.25, 0.3) is 0 Å². The largest absolute Gasteiger partial charge is 0.391 e. The van der Waals surface area contributed by atoms with Crippen molar-refractivity contribution in [3.05, 3.63) is 24.4 Å². The lowest BCUT2D eigenvalue weighted by Gasteiger charge is -2.31. The van der Waals surface area contributed by atoms with Gasteiger partial charge in [0.05, 0.1) is 23.2 Å². The van der Waals surface area contributed by atoms with E-state index in [2.05, 4.69) is 10.3 Å². The van der Waals surface area contributed by atoms with Crippen LogP contribution < -0.4 is 11.1 Å². The first-order chi connectivity index (χ1) is 13.1. The van der Waals surface area contributed by atoms with E-state index in [4.69, 9.17) is 5.73 Å². The molecule has 1 fully saturated rings. The summed E-state index contributed by atoms with van der Waals surface area (Å²) in [5, 5.41) is 14.8. The molecule has 1 amide bonds. The van der Waals surface area contributed by atoms with Crippen molar-refractivity contribution in [2.24, 2.45) is 11.7 Å². The second-order valence-electron chi connectivity index (χ2n) is 7.62. The van der Waals surface area contributed by atoms with E-state index in [0.29, 0.717) is 18.8 Å². The Morgan fingerprint density at radius 2 is 2.11 bits per heavy atom. The quantitative estimate of drug-likeness (QED) is 0.501. The number of nitrogens with two attached hydrogens (primary N) is 1. The van der Waals surface area contributed by atoms with E-state index in [1.54, 1.807) is 18.0 Å². The average molecular weight is 394 g/mol. The maximum Gasteiger partial charge on any atom is 0.237 e.